The number of nitrogens with zero attached hydrogens (tertiary/aromatic N) is 2. The Morgan fingerprint density at radius 3 is 2.62 bits per heavy atom. The molecule has 2 heterocycles. The summed E-state index contributed by atoms with van der Waals surface area (Å²) < 4.78 is 16.3. The van der Waals surface area contributed by atoms with Crippen molar-refractivity contribution in [1.29, 1.82) is 0 Å². The van der Waals surface area contributed by atoms with Gasteiger partial charge in [-0.15, -0.1) is 0 Å². The number of ether oxygens (including phenoxy) is 2. The number of rotatable bonds is 5. The quantitative estimate of drug-likeness (QED) is 0.542. The van der Waals surface area contributed by atoms with Crippen LogP contribution in [-0.4, -0.2) is 30.1 Å². The van der Waals surface area contributed by atoms with Gasteiger partial charge in [-0.2, -0.15) is 4.98 Å². The van der Waals surface area contributed by atoms with Gasteiger partial charge in [0.25, 0.3) is 5.91 Å². The molecule has 7 nitrogen and oxygen atoms in total. The van der Waals surface area contributed by atoms with E-state index >= 15 is 0 Å². The van der Waals surface area contributed by atoms with Gasteiger partial charge in [-0.25, -0.2) is 4.98 Å². The van der Waals surface area contributed by atoms with Crippen LogP contribution in [0.15, 0.2) is 59.1 Å². The summed E-state index contributed by atoms with van der Waals surface area (Å²) >= 11 is 0. The van der Waals surface area contributed by atoms with Gasteiger partial charge in [-0.1, -0.05) is 6.07 Å². The summed E-state index contributed by atoms with van der Waals surface area (Å²) in [5.74, 6) is 1.24. The molecule has 0 fully saturated rings. The molecule has 0 unspecified atom stereocenters. The van der Waals surface area contributed by atoms with Crippen LogP contribution in [0.3, 0.4) is 0 Å². The fourth-order valence-electron chi connectivity index (χ4n) is 2.95. The smallest absolute Gasteiger partial charge is 0.255 e. The van der Waals surface area contributed by atoms with Crippen molar-refractivity contribution in [2.45, 2.75) is 6.92 Å². The molecule has 29 heavy (non-hydrogen) atoms. The van der Waals surface area contributed by atoms with Crippen LogP contribution in [0.4, 0.5) is 5.69 Å². The molecule has 0 aliphatic carbocycles. The van der Waals surface area contributed by atoms with Crippen molar-refractivity contribution in [3.05, 3.63) is 65.9 Å². The van der Waals surface area contributed by atoms with Crippen molar-refractivity contribution in [2.75, 3.05) is 19.5 Å². The highest BCUT2D eigenvalue weighted by Crippen LogP contribution is 2.30. The Morgan fingerprint density at radius 2 is 1.86 bits per heavy atom. The van der Waals surface area contributed by atoms with Crippen LogP contribution in [-0.2, 0) is 0 Å². The molecule has 0 spiro atoms. The first-order chi connectivity index (χ1) is 14.1. The Labute approximate surface area is 167 Å². The Morgan fingerprint density at radius 1 is 1.03 bits per heavy atom. The lowest BCUT2D eigenvalue weighted by Crippen LogP contribution is -2.13. The third-order valence-electron chi connectivity index (χ3n) is 4.54. The Balaban J connectivity index is 1.63. The van der Waals surface area contributed by atoms with Crippen molar-refractivity contribution >= 4 is 22.8 Å². The molecular weight excluding hydrogens is 370 g/mol. The first-order valence-corrected chi connectivity index (χ1v) is 8.95. The van der Waals surface area contributed by atoms with Crippen LogP contribution in [0.1, 0.15) is 15.9 Å². The molecule has 0 bridgehead atoms. The van der Waals surface area contributed by atoms with Gasteiger partial charge in [0.1, 0.15) is 0 Å². The number of methoxy groups -OCH3 is 2. The van der Waals surface area contributed by atoms with Gasteiger partial charge in [-0.3, -0.25) is 4.79 Å². The zero-order chi connectivity index (χ0) is 20.4. The number of fused-ring (bicyclic) bond motifs is 1. The predicted octanol–water partition coefficient (Wildman–Crippen LogP) is 4.47. The highest BCUT2D eigenvalue weighted by molar-refractivity contribution is 6.05. The van der Waals surface area contributed by atoms with Crippen molar-refractivity contribution < 1.29 is 18.7 Å². The van der Waals surface area contributed by atoms with Gasteiger partial charge in [0.05, 0.1) is 14.2 Å². The molecule has 1 amide bonds. The summed E-state index contributed by atoms with van der Waals surface area (Å²) in [6, 6.07) is 14.3. The number of oxazole rings is 1. The van der Waals surface area contributed by atoms with Gasteiger partial charge >= 0.3 is 0 Å². The van der Waals surface area contributed by atoms with Crippen molar-refractivity contribution in [3.63, 3.8) is 0 Å². The van der Waals surface area contributed by atoms with E-state index in [4.69, 9.17) is 13.9 Å². The Hall–Kier alpha value is -3.87. The molecule has 146 valence electrons. The van der Waals surface area contributed by atoms with E-state index in [-0.39, 0.29) is 5.91 Å². The SMILES string of the molecule is COc1ccc(C(=O)Nc2cc(-c3nc4ncccc4o3)ccc2C)cc1OC. The number of aryl methyl sites for hydroxylation is 1. The standard InChI is InChI=1S/C22H19N3O4/c1-13-6-7-15(22-25-20-18(29-22)5-4-10-23-20)11-16(13)24-21(26)14-8-9-17(27-2)19(12-14)28-3/h4-12H,1-3H3,(H,24,26). The normalized spacial score (nSPS) is 10.7. The van der Waals surface area contributed by atoms with Crippen LogP contribution in [0.5, 0.6) is 11.5 Å². The van der Waals surface area contributed by atoms with Gasteiger partial charge in [0, 0.05) is 23.0 Å². The van der Waals surface area contributed by atoms with Gasteiger partial charge < -0.3 is 19.2 Å². The van der Waals surface area contributed by atoms with Crippen molar-refractivity contribution in [3.8, 4) is 23.0 Å². The molecule has 1 N–H and O–H groups in total. The molecule has 0 aliphatic rings. The largest absolute Gasteiger partial charge is 0.493 e. The first kappa shape index (κ1) is 18.5. The van der Waals surface area contributed by atoms with Crippen LogP contribution >= 0.6 is 0 Å². The fraction of sp³-hybridized carbons (Fsp3) is 0.136. The van der Waals surface area contributed by atoms with Crippen LogP contribution in [0.2, 0.25) is 0 Å². The second-order valence-corrected chi connectivity index (χ2v) is 6.40. The van der Waals surface area contributed by atoms with Crippen LogP contribution < -0.4 is 14.8 Å². The number of pyridine rings is 1. The Bertz CT molecular complexity index is 1170. The maximum absolute atomic E-state index is 12.8. The third kappa shape index (κ3) is 3.62. The summed E-state index contributed by atoms with van der Waals surface area (Å²) in [4.78, 5) is 21.4. The van der Waals surface area contributed by atoms with E-state index in [1.165, 1.54) is 7.11 Å². The van der Waals surface area contributed by atoms with E-state index in [1.807, 2.05) is 31.2 Å². The Kier molecular flexibility index (Phi) is 4.87. The zero-order valence-corrected chi connectivity index (χ0v) is 16.2. The molecular formula is C22H19N3O4. The maximum Gasteiger partial charge on any atom is 0.255 e. The average molecular weight is 389 g/mol. The number of hydrogen-bond acceptors (Lipinski definition) is 6. The summed E-state index contributed by atoms with van der Waals surface area (Å²) in [5.41, 5.74) is 3.93. The van der Waals surface area contributed by atoms with Crippen molar-refractivity contribution in [2.24, 2.45) is 0 Å². The highest BCUT2D eigenvalue weighted by atomic mass is 16.5. The highest BCUT2D eigenvalue weighted by Gasteiger charge is 2.14. The number of carbonyl (C=O) groups is 1. The summed E-state index contributed by atoms with van der Waals surface area (Å²) in [6.45, 7) is 1.92. The summed E-state index contributed by atoms with van der Waals surface area (Å²) in [5, 5.41) is 2.94. The monoisotopic (exact) mass is 389 g/mol. The first-order valence-electron chi connectivity index (χ1n) is 8.95. The third-order valence-corrected chi connectivity index (χ3v) is 4.54. The average Bonchev–Trinajstić information content (AvgIpc) is 3.19. The molecule has 4 aromatic rings. The molecule has 7 heteroatoms. The molecule has 0 saturated heterocycles. The number of hydrogen-bond donors (Lipinski definition) is 1. The van der Waals surface area contributed by atoms with Crippen molar-refractivity contribution in [1.82, 2.24) is 9.97 Å². The molecule has 0 saturated carbocycles. The lowest BCUT2D eigenvalue weighted by molar-refractivity contribution is 0.102. The lowest BCUT2D eigenvalue weighted by Gasteiger charge is -2.12. The zero-order valence-electron chi connectivity index (χ0n) is 16.2. The van der Waals surface area contributed by atoms with E-state index in [0.717, 1.165) is 11.1 Å². The lowest BCUT2D eigenvalue weighted by atomic mass is 10.1. The summed E-state index contributed by atoms with van der Waals surface area (Å²) in [6.07, 6.45) is 1.67. The minimum atomic E-state index is -0.259. The molecule has 4 rings (SSSR count). The molecule has 2 aromatic heterocycles. The van der Waals surface area contributed by atoms with E-state index in [1.54, 1.807) is 37.6 Å². The molecule has 0 atom stereocenters. The number of aromatic nitrogens is 2. The van der Waals surface area contributed by atoms with E-state index in [2.05, 4.69) is 15.3 Å². The second-order valence-electron chi connectivity index (χ2n) is 6.40. The molecule has 0 radical (unpaired) electrons. The van der Waals surface area contributed by atoms with E-state index in [9.17, 15) is 4.79 Å². The maximum atomic E-state index is 12.8. The van der Waals surface area contributed by atoms with E-state index in [0.29, 0.717) is 39.9 Å². The number of nitrogens with one attached hydrogen (secondary N) is 1. The van der Waals surface area contributed by atoms with Crippen LogP contribution in [0, 0.1) is 6.92 Å². The number of amides is 1. The number of benzene rings is 2. The summed E-state index contributed by atoms with van der Waals surface area (Å²) in [7, 11) is 3.08. The minimum absolute atomic E-state index is 0.259. The fourth-order valence-corrected chi connectivity index (χ4v) is 2.95. The van der Waals surface area contributed by atoms with Gasteiger partial charge in [0.2, 0.25) is 5.89 Å². The second kappa shape index (κ2) is 7.63. The van der Waals surface area contributed by atoms with Gasteiger partial charge in [-0.05, 0) is 55.0 Å². The number of carbonyl (C=O) groups excluding carboxylic acids is 1. The van der Waals surface area contributed by atoms with Gasteiger partial charge in [0.15, 0.2) is 22.7 Å². The number of anilines is 1. The predicted molar refractivity (Wildman–Crippen MR) is 109 cm³/mol. The minimum Gasteiger partial charge on any atom is -0.493 e. The topological polar surface area (TPSA) is 86.5 Å². The molecule has 0 aliphatic heterocycles. The van der Waals surface area contributed by atoms with E-state index < -0.39 is 0 Å². The van der Waals surface area contributed by atoms with Crippen LogP contribution in [0.25, 0.3) is 22.7 Å². The molecule has 2 aromatic carbocycles.